The summed E-state index contributed by atoms with van der Waals surface area (Å²) in [6.45, 7) is 0. The minimum absolute atomic E-state index is 0.00732. The van der Waals surface area contributed by atoms with E-state index in [-0.39, 0.29) is 23.5 Å². The first kappa shape index (κ1) is 21.4. The van der Waals surface area contributed by atoms with Crippen LogP contribution in [0, 0.1) is 5.92 Å². The van der Waals surface area contributed by atoms with Gasteiger partial charge in [0.05, 0.1) is 16.9 Å². The van der Waals surface area contributed by atoms with Crippen molar-refractivity contribution in [3.8, 4) is 11.3 Å². The number of carbonyl (C=O) groups is 2. The number of amides is 1. The number of H-pyrrole nitrogens is 1. The van der Waals surface area contributed by atoms with Crippen molar-refractivity contribution in [3.05, 3.63) is 95.8 Å². The normalized spacial score (nSPS) is 18.6. The summed E-state index contributed by atoms with van der Waals surface area (Å²) in [6, 6.07) is 23.8. The van der Waals surface area contributed by atoms with Gasteiger partial charge in [-0.15, -0.1) is 0 Å². The van der Waals surface area contributed by atoms with E-state index in [4.69, 9.17) is 0 Å². The molecule has 4 aromatic rings. The molecular weight excluding hydrogens is 436 g/mol. The molecule has 2 heterocycles. The number of hydrogen-bond acceptors (Lipinski definition) is 4. The number of aromatic nitrogens is 2. The van der Waals surface area contributed by atoms with E-state index in [0.717, 1.165) is 53.2 Å². The van der Waals surface area contributed by atoms with Crippen molar-refractivity contribution in [2.75, 3.05) is 10.6 Å². The number of rotatable bonds is 6. The van der Waals surface area contributed by atoms with Gasteiger partial charge in [0, 0.05) is 35.5 Å². The van der Waals surface area contributed by atoms with Crippen LogP contribution in [0.15, 0.2) is 79.0 Å². The second-order valence-corrected chi connectivity index (χ2v) is 9.27. The summed E-state index contributed by atoms with van der Waals surface area (Å²) in [5, 5.41) is 6.46. The average Bonchev–Trinajstić information content (AvgIpc) is 3.61. The monoisotopic (exact) mass is 462 g/mol. The van der Waals surface area contributed by atoms with Crippen molar-refractivity contribution < 1.29 is 9.59 Å². The molecule has 2 aliphatic carbocycles. The van der Waals surface area contributed by atoms with Gasteiger partial charge in [-0.25, -0.2) is 4.98 Å². The molecule has 2 aliphatic rings. The first-order chi connectivity index (χ1) is 17.2. The Morgan fingerprint density at radius 3 is 2.54 bits per heavy atom. The number of aryl methyl sites for hydroxylation is 1. The van der Waals surface area contributed by atoms with Crippen LogP contribution in [0.5, 0.6) is 0 Å². The largest absolute Gasteiger partial charge is 0.356 e. The Hall–Kier alpha value is -4.19. The first-order valence-corrected chi connectivity index (χ1v) is 12.1. The molecule has 0 bridgehead atoms. The lowest BCUT2D eigenvalue weighted by molar-refractivity contribution is -0.117. The lowest BCUT2D eigenvalue weighted by Gasteiger charge is -2.14. The number of ketones is 1. The number of anilines is 3. The maximum Gasteiger partial charge on any atom is 0.229 e. The summed E-state index contributed by atoms with van der Waals surface area (Å²) in [7, 11) is 0. The SMILES string of the molecule is O=C1CCCc2[nH]c(-c3ccnc(NC(=O)C4CC4c4ccccc4)c3)c(Nc3ccccc3)c21. The third-order valence-corrected chi connectivity index (χ3v) is 6.89. The molecule has 0 saturated heterocycles. The van der Waals surface area contributed by atoms with E-state index in [1.807, 2.05) is 60.7 Å². The minimum atomic E-state index is -0.0337. The molecule has 6 rings (SSSR count). The van der Waals surface area contributed by atoms with Crippen molar-refractivity contribution in [2.24, 2.45) is 5.92 Å². The smallest absolute Gasteiger partial charge is 0.229 e. The fourth-order valence-corrected chi connectivity index (χ4v) is 5.03. The Bertz CT molecular complexity index is 1390. The molecule has 3 N–H and O–H groups in total. The highest BCUT2D eigenvalue weighted by atomic mass is 16.2. The number of pyridine rings is 1. The zero-order valence-electron chi connectivity index (χ0n) is 19.3. The average molecular weight is 463 g/mol. The molecule has 174 valence electrons. The number of aromatic amines is 1. The Kier molecular flexibility index (Phi) is 5.41. The Balaban J connectivity index is 1.28. The van der Waals surface area contributed by atoms with Crippen LogP contribution in [-0.4, -0.2) is 21.7 Å². The number of fused-ring (bicyclic) bond motifs is 1. The molecular formula is C29H26N4O2. The Morgan fingerprint density at radius 1 is 0.971 bits per heavy atom. The van der Waals surface area contributed by atoms with Gasteiger partial charge in [0.25, 0.3) is 0 Å². The molecule has 6 heteroatoms. The number of carbonyl (C=O) groups excluding carboxylic acids is 2. The summed E-state index contributed by atoms with van der Waals surface area (Å²) in [5.74, 6) is 0.883. The molecule has 2 aromatic heterocycles. The van der Waals surface area contributed by atoms with Crippen LogP contribution in [0.1, 0.15) is 46.8 Å². The van der Waals surface area contributed by atoms with E-state index in [9.17, 15) is 9.59 Å². The summed E-state index contributed by atoms with van der Waals surface area (Å²) < 4.78 is 0. The molecule has 6 nitrogen and oxygen atoms in total. The van der Waals surface area contributed by atoms with Crippen molar-refractivity contribution in [2.45, 2.75) is 31.6 Å². The van der Waals surface area contributed by atoms with Crippen molar-refractivity contribution in [3.63, 3.8) is 0 Å². The molecule has 35 heavy (non-hydrogen) atoms. The number of benzene rings is 2. The number of Topliss-reactive ketones (excluding diaryl/α,β-unsaturated/α-hetero) is 1. The third-order valence-electron chi connectivity index (χ3n) is 6.89. The number of hydrogen-bond donors (Lipinski definition) is 3. The van der Waals surface area contributed by atoms with E-state index in [1.165, 1.54) is 5.56 Å². The van der Waals surface area contributed by atoms with Gasteiger partial charge in [-0.05, 0) is 55.0 Å². The Labute approximate surface area is 203 Å². The predicted molar refractivity (Wildman–Crippen MR) is 137 cm³/mol. The van der Waals surface area contributed by atoms with Gasteiger partial charge in [0.2, 0.25) is 5.91 Å². The molecule has 2 aromatic carbocycles. The highest BCUT2D eigenvalue weighted by Gasteiger charge is 2.44. The van der Waals surface area contributed by atoms with Gasteiger partial charge in [-0.2, -0.15) is 0 Å². The van der Waals surface area contributed by atoms with E-state index in [2.05, 4.69) is 32.7 Å². The van der Waals surface area contributed by atoms with Crippen LogP contribution in [0.25, 0.3) is 11.3 Å². The summed E-state index contributed by atoms with van der Waals surface area (Å²) >= 11 is 0. The fraction of sp³-hybridized carbons (Fsp3) is 0.207. The summed E-state index contributed by atoms with van der Waals surface area (Å²) in [4.78, 5) is 33.6. The van der Waals surface area contributed by atoms with Crippen LogP contribution < -0.4 is 10.6 Å². The molecule has 1 amide bonds. The second kappa shape index (κ2) is 8.87. The van der Waals surface area contributed by atoms with Gasteiger partial charge >= 0.3 is 0 Å². The van der Waals surface area contributed by atoms with E-state index < -0.39 is 0 Å². The molecule has 0 radical (unpaired) electrons. The summed E-state index contributed by atoms with van der Waals surface area (Å²) in [6.07, 6.45) is 4.78. The number of para-hydroxylation sites is 1. The van der Waals surface area contributed by atoms with Gasteiger partial charge < -0.3 is 15.6 Å². The van der Waals surface area contributed by atoms with Crippen LogP contribution >= 0.6 is 0 Å². The molecule has 1 saturated carbocycles. The lowest BCUT2D eigenvalue weighted by Crippen LogP contribution is -2.15. The topological polar surface area (TPSA) is 86.9 Å². The third kappa shape index (κ3) is 4.23. The standard InChI is InChI=1S/C29H26N4O2/c34-24-13-7-12-23-26(24)28(31-20-10-5-2-6-11-20)27(32-23)19-14-15-30-25(16-19)33-29(35)22-17-21(22)18-8-3-1-4-9-18/h1-6,8-11,14-16,21-22,31-32H,7,12-13,17H2,(H,30,33,35). The zero-order chi connectivity index (χ0) is 23.8. The minimum Gasteiger partial charge on any atom is -0.356 e. The van der Waals surface area contributed by atoms with Gasteiger partial charge in [-0.3, -0.25) is 9.59 Å². The highest BCUT2D eigenvalue weighted by molar-refractivity contribution is 6.07. The molecule has 2 atom stereocenters. The molecule has 0 spiro atoms. The van der Waals surface area contributed by atoms with Gasteiger partial charge in [0.1, 0.15) is 5.82 Å². The van der Waals surface area contributed by atoms with Crippen LogP contribution in [0.3, 0.4) is 0 Å². The second-order valence-electron chi connectivity index (χ2n) is 9.27. The van der Waals surface area contributed by atoms with E-state index in [0.29, 0.717) is 12.2 Å². The zero-order valence-corrected chi connectivity index (χ0v) is 19.3. The highest BCUT2D eigenvalue weighted by Crippen LogP contribution is 2.48. The van der Waals surface area contributed by atoms with Crippen LogP contribution in [0.2, 0.25) is 0 Å². The lowest BCUT2D eigenvalue weighted by atomic mass is 9.95. The summed E-state index contributed by atoms with van der Waals surface area (Å²) in [5.41, 5.74) is 6.30. The quantitative estimate of drug-likeness (QED) is 0.324. The maximum atomic E-state index is 12.9. The fourth-order valence-electron chi connectivity index (χ4n) is 5.03. The predicted octanol–water partition coefficient (Wildman–Crippen LogP) is 6.08. The van der Waals surface area contributed by atoms with Crippen molar-refractivity contribution >= 4 is 28.9 Å². The number of nitrogens with one attached hydrogen (secondary N) is 3. The van der Waals surface area contributed by atoms with E-state index in [1.54, 1.807) is 6.20 Å². The van der Waals surface area contributed by atoms with Crippen LogP contribution in [-0.2, 0) is 11.2 Å². The number of nitrogens with zero attached hydrogens (tertiary/aromatic N) is 1. The van der Waals surface area contributed by atoms with Crippen LogP contribution in [0.4, 0.5) is 17.2 Å². The van der Waals surface area contributed by atoms with E-state index >= 15 is 0 Å². The molecule has 0 aliphatic heterocycles. The van der Waals surface area contributed by atoms with Crippen molar-refractivity contribution in [1.82, 2.24) is 9.97 Å². The van der Waals surface area contributed by atoms with Gasteiger partial charge in [-0.1, -0.05) is 48.5 Å². The van der Waals surface area contributed by atoms with Crippen molar-refractivity contribution in [1.29, 1.82) is 0 Å². The van der Waals surface area contributed by atoms with Gasteiger partial charge in [0.15, 0.2) is 5.78 Å². The molecule has 1 fully saturated rings. The molecule has 2 unspecified atom stereocenters. The Morgan fingerprint density at radius 2 is 1.74 bits per heavy atom. The first-order valence-electron chi connectivity index (χ1n) is 12.1. The maximum absolute atomic E-state index is 12.9.